The SMILES string of the molecule is Cc1nc(S[C@@H](C)C(=O)N2CC(=O)Nc3ccccc32)n(C[C@H]2CCCO2)c1C. The van der Waals surface area contributed by atoms with Gasteiger partial charge in [-0.1, -0.05) is 23.9 Å². The maximum absolute atomic E-state index is 13.2. The standard InChI is InChI=1S/C21H26N4O3S/c1-13-14(2)24(11-16-7-6-10-28-16)21(22-13)29-15(3)20(27)25-12-19(26)23-17-8-4-5-9-18(17)25/h4-5,8-9,15-16H,6-7,10-12H2,1-3H3,(H,23,26)/t15-,16+/m0/s1. The highest BCUT2D eigenvalue weighted by Gasteiger charge is 2.31. The molecule has 2 aliphatic rings. The number of amides is 2. The molecule has 1 fully saturated rings. The number of imidazole rings is 1. The molecule has 0 aliphatic carbocycles. The lowest BCUT2D eigenvalue weighted by molar-refractivity contribution is -0.121. The maximum atomic E-state index is 13.2. The highest BCUT2D eigenvalue weighted by Crippen LogP contribution is 2.33. The van der Waals surface area contributed by atoms with Crippen LogP contribution >= 0.6 is 11.8 Å². The average molecular weight is 415 g/mol. The first-order valence-corrected chi connectivity index (χ1v) is 10.8. The maximum Gasteiger partial charge on any atom is 0.244 e. The lowest BCUT2D eigenvalue weighted by Gasteiger charge is -2.30. The van der Waals surface area contributed by atoms with E-state index in [2.05, 4.69) is 16.8 Å². The van der Waals surface area contributed by atoms with E-state index in [9.17, 15) is 9.59 Å². The Morgan fingerprint density at radius 3 is 2.93 bits per heavy atom. The number of carbonyl (C=O) groups excluding carboxylic acids is 2. The second-order valence-corrected chi connectivity index (χ2v) is 8.87. The Morgan fingerprint density at radius 1 is 1.38 bits per heavy atom. The summed E-state index contributed by atoms with van der Waals surface area (Å²) in [6, 6.07) is 7.39. The number of hydrogen-bond donors (Lipinski definition) is 1. The summed E-state index contributed by atoms with van der Waals surface area (Å²) < 4.78 is 7.96. The topological polar surface area (TPSA) is 76.5 Å². The molecule has 7 nitrogen and oxygen atoms in total. The first-order chi connectivity index (χ1) is 13.9. The molecule has 29 heavy (non-hydrogen) atoms. The number of aryl methyl sites for hydroxylation is 1. The number of fused-ring (bicyclic) bond motifs is 1. The van der Waals surface area contributed by atoms with Gasteiger partial charge in [0.05, 0.1) is 35.0 Å². The zero-order valence-corrected chi connectivity index (χ0v) is 17.8. The minimum Gasteiger partial charge on any atom is -0.376 e. The predicted octanol–water partition coefficient (Wildman–Crippen LogP) is 3.14. The fourth-order valence-corrected chi connectivity index (χ4v) is 4.85. The molecule has 0 radical (unpaired) electrons. The van der Waals surface area contributed by atoms with Crippen molar-refractivity contribution in [3.05, 3.63) is 35.7 Å². The lowest BCUT2D eigenvalue weighted by atomic mass is 10.2. The van der Waals surface area contributed by atoms with Gasteiger partial charge in [-0.3, -0.25) is 14.5 Å². The molecule has 1 aromatic carbocycles. The summed E-state index contributed by atoms with van der Waals surface area (Å²) in [4.78, 5) is 31.6. The van der Waals surface area contributed by atoms with Gasteiger partial charge in [0.2, 0.25) is 11.8 Å². The molecule has 4 rings (SSSR count). The zero-order chi connectivity index (χ0) is 20.5. The number of nitrogens with zero attached hydrogens (tertiary/aromatic N) is 3. The van der Waals surface area contributed by atoms with Gasteiger partial charge >= 0.3 is 0 Å². The third-order valence-electron chi connectivity index (χ3n) is 5.50. The van der Waals surface area contributed by atoms with Crippen molar-refractivity contribution in [1.82, 2.24) is 9.55 Å². The molecule has 154 valence electrons. The molecule has 2 atom stereocenters. The van der Waals surface area contributed by atoms with Crippen LogP contribution in [0.25, 0.3) is 0 Å². The molecule has 0 bridgehead atoms. The number of thioether (sulfide) groups is 1. The number of para-hydroxylation sites is 2. The summed E-state index contributed by atoms with van der Waals surface area (Å²) >= 11 is 1.44. The normalized spacial score (nSPS) is 19.8. The molecule has 0 unspecified atom stereocenters. The number of aromatic nitrogens is 2. The van der Waals surface area contributed by atoms with Crippen LogP contribution in [0.3, 0.4) is 0 Å². The van der Waals surface area contributed by atoms with Gasteiger partial charge in [0.15, 0.2) is 5.16 Å². The van der Waals surface area contributed by atoms with Crippen molar-refractivity contribution in [2.45, 2.75) is 56.7 Å². The van der Waals surface area contributed by atoms with Gasteiger partial charge in [-0.05, 0) is 45.7 Å². The first-order valence-electron chi connectivity index (χ1n) is 9.96. The van der Waals surface area contributed by atoms with Crippen molar-refractivity contribution < 1.29 is 14.3 Å². The van der Waals surface area contributed by atoms with Crippen LogP contribution in [-0.2, 0) is 20.9 Å². The van der Waals surface area contributed by atoms with Crippen LogP contribution in [-0.4, -0.2) is 45.9 Å². The Balaban J connectivity index is 1.54. The van der Waals surface area contributed by atoms with Crippen molar-refractivity contribution in [1.29, 1.82) is 0 Å². The van der Waals surface area contributed by atoms with Gasteiger partial charge in [-0.2, -0.15) is 0 Å². The predicted molar refractivity (Wildman–Crippen MR) is 113 cm³/mol. The van der Waals surface area contributed by atoms with Crippen molar-refractivity contribution in [3.8, 4) is 0 Å². The van der Waals surface area contributed by atoms with Crippen LogP contribution in [0.4, 0.5) is 11.4 Å². The summed E-state index contributed by atoms with van der Waals surface area (Å²) in [7, 11) is 0. The second-order valence-electron chi connectivity index (χ2n) is 7.56. The molecule has 8 heteroatoms. The van der Waals surface area contributed by atoms with Gasteiger partial charge in [-0.25, -0.2) is 4.98 Å². The first kappa shape index (κ1) is 20.0. The number of benzene rings is 1. The molecular weight excluding hydrogens is 388 g/mol. The van der Waals surface area contributed by atoms with E-state index >= 15 is 0 Å². The molecule has 2 amide bonds. The van der Waals surface area contributed by atoms with Gasteiger partial charge in [-0.15, -0.1) is 0 Å². The lowest BCUT2D eigenvalue weighted by Crippen LogP contribution is -2.45. The molecule has 3 heterocycles. The molecule has 0 saturated carbocycles. The summed E-state index contributed by atoms with van der Waals surface area (Å²) in [6.45, 7) is 7.51. The number of carbonyl (C=O) groups is 2. The van der Waals surface area contributed by atoms with Gasteiger partial charge in [0.25, 0.3) is 0 Å². The molecule has 2 aromatic rings. The third-order valence-corrected chi connectivity index (χ3v) is 6.58. The van der Waals surface area contributed by atoms with E-state index in [4.69, 9.17) is 9.72 Å². The molecule has 1 saturated heterocycles. The largest absolute Gasteiger partial charge is 0.376 e. The Kier molecular flexibility index (Phi) is 5.65. The van der Waals surface area contributed by atoms with E-state index in [1.165, 1.54) is 11.8 Å². The molecule has 1 aromatic heterocycles. The minimum atomic E-state index is -0.376. The molecule has 2 aliphatic heterocycles. The number of rotatable bonds is 5. The van der Waals surface area contributed by atoms with Crippen LogP contribution in [0.5, 0.6) is 0 Å². The summed E-state index contributed by atoms with van der Waals surface area (Å²) in [5, 5.41) is 3.27. The summed E-state index contributed by atoms with van der Waals surface area (Å²) in [5.41, 5.74) is 3.47. The van der Waals surface area contributed by atoms with Gasteiger partial charge < -0.3 is 14.6 Å². The van der Waals surface area contributed by atoms with Crippen LogP contribution in [0, 0.1) is 13.8 Å². The highest BCUT2D eigenvalue weighted by atomic mass is 32.2. The van der Waals surface area contributed by atoms with E-state index in [-0.39, 0.29) is 29.7 Å². The smallest absolute Gasteiger partial charge is 0.244 e. The number of ether oxygens (including phenoxy) is 1. The minimum absolute atomic E-state index is 0.0309. The Bertz CT molecular complexity index is 936. The number of anilines is 2. The van der Waals surface area contributed by atoms with Crippen LogP contribution in [0.15, 0.2) is 29.4 Å². The van der Waals surface area contributed by atoms with E-state index in [0.717, 1.165) is 48.2 Å². The van der Waals surface area contributed by atoms with Crippen molar-refractivity contribution >= 4 is 35.0 Å². The molecule has 0 spiro atoms. The number of nitrogens with one attached hydrogen (secondary N) is 1. The van der Waals surface area contributed by atoms with Crippen molar-refractivity contribution in [2.24, 2.45) is 0 Å². The third kappa shape index (κ3) is 4.04. The average Bonchev–Trinajstić information content (AvgIpc) is 3.31. The van der Waals surface area contributed by atoms with Gasteiger partial charge in [0.1, 0.15) is 6.54 Å². The monoisotopic (exact) mass is 414 g/mol. The fraction of sp³-hybridized carbons (Fsp3) is 0.476. The van der Waals surface area contributed by atoms with Crippen LogP contribution in [0.1, 0.15) is 31.2 Å². The Hall–Kier alpha value is -2.32. The van der Waals surface area contributed by atoms with Crippen LogP contribution in [0.2, 0.25) is 0 Å². The fourth-order valence-electron chi connectivity index (χ4n) is 3.78. The van der Waals surface area contributed by atoms with Gasteiger partial charge in [0, 0.05) is 12.3 Å². The number of hydrogen-bond acceptors (Lipinski definition) is 5. The Morgan fingerprint density at radius 2 is 2.17 bits per heavy atom. The van der Waals surface area contributed by atoms with Crippen molar-refractivity contribution in [2.75, 3.05) is 23.4 Å². The van der Waals surface area contributed by atoms with Crippen LogP contribution < -0.4 is 10.2 Å². The van der Waals surface area contributed by atoms with Crippen molar-refractivity contribution in [3.63, 3.8) is 0 Å². The van der Waals surface area contributed by atoms with E-state index in [0.29, 0.717) is 5.69 Å². The molecule has 1 N–H and O–H groups in total. The Labute approximate surface area is 174 Å². The van der Waals surface area contributed by atoms with E-state index < -0.39 is 0 Å². The highest BCUT2D eigenvalue weighted by molar-refractivity contribution is 8.00. The second kappa shape index (κ2) is 8.20. The summed E-state index contributed by atoms with van der Waals surface area (Å²) in [6.07, 6.45) is 2.34. The van der Waals surface area contributed by atoms with E-state index in [1.807, 2.05) is 38.1 Å². The molecular formula is C21H26N4O3S. The summed E-state index contributed by atoms with van der Waals surface area (Å²) in [5.74, 6) is -0.278. The zero-order valence-electron chi connectivity index (χ0n) is 17.0. The quantitative estimate of drug-likeness (QED) is 0.761. The van der Waals surface area contributed by atoms with E-state index in [1.54, 1.807) is 4.90 Å².